The lowest BCUT2D eigenvalue weighted by atomic mass is 9.84. The lowest BCUT2D eigenvalue weighted by molar-refractivity contribution is -0.229. The highest BCUT2D eigenvalue weighted by Crippen LogP contribution is 2.39. The summed E-state index contributed by atoms with van der Waals surface area (Å²) in [5.74, 6) is 0.0825. The average molecular weight is 403 g/mol. The summed E-state index contributed by atoms with van der Waals surface area (Å²) in [6.45, 7) is 6.64. The highest BCUT2D eigenvalue weighted by Gasteiger charge is 2.44. The summed E-state index contributed by atoms with van der Waals surface area (Å²) in [4.78, 5) is 0.373. The molecule has 0 aromatic heterocycles. The highest BCUT2D eigenvalue weighted by atomic mass is 32.2. The fourth-order valence-electron chi connectivity index (χ4n) is 3.86. The van der Waals surface area contributed by atoms with Crippen molar-refractivity contribution in [3.63, 3.8) is 0 Å². The van der Waals surface area contributed by atoms with Gasteiger partial charge in [-0.1, -0.05) is 48.5 Å². The van der Waals surface area contributed by atoms with E-state index in [0.717, 1.165) is 18.4 Å². The molecule has 0 spiro atoms. The van der Waals surface area contributed by atoms with E-state index >= 15 is 0 Å². The zero-order valence-electron chi connectivity index (χ0n) is 16.9. The highest BCUT2D eigenvalue weighted by molar-refractivity contribution is 7.91. The van der Waals surface area contributed by atoms with E-state index in [0.29, 0.717) is 17.9 Å². The van der Waals surface area contributed by atoms with Crippen molar-refractivity contribution in [2.75, 3.05) is 5.75 Å². The van der Waals surface area contributed by atoms with Crippen LogP contribution in [0.2, 0.25) is 0 Å². The van der Waals surface area contributed by atoms with Crippen LogP contribution in [0.4, 0.5) is 0 Å². The van der Waals surface area contributed by atoms with Crippen molar-refractivity contribution in [2.45, 2.75) is 68.8 Å². The molecule has 1 heterocycles. The summed E-state index contributed by atoms with van der Waals surface area (Å²) < 4.78 is 37.8. The van der Waals surface area contributed by atoms with Gasteiger partial charge in [-0.25, -0.2) is 8.42 Å². The van der Waals surface area contributed by atoms with Gasteiger partial charge in [0.05, 0.1) is 34.6 Å². The fourth-order valence-corrected chi connectivity index (χ4v) is 5.37. The van der Waals surface area contributed by atoms with E-state index in [9.17, 15) is 8.42 Å². The van der Waals surface area contributed by atoms with Crippen LogP contribution in [-0.2, 0) is 25.9 Å². The Morgan fingerprint density at radius 3 is 2.21 bits per heavy atom. The van der Waals surface area contributed by atoms with Crippen LogP contribution in [0, 0.1) is 0 Å². The van der Waals surface area contributed by atoms with Crippen molar-refractivity contribution in [3.05, 3.63) is 66.2 Å². The molecule has 2 aromatic rings. The molecule has 5 heteroatoms. The molecule has 0 saturated carbocycles. The fraction of sp³-hybridized carbons (Fsp3) is 0.478. The molecule has 28 heavy (non-hydrogen) atoms. The van der Waals surface area contributed by atoms with Gasteiger partial charge in [0.1, 0.15) is 0 Å². The number of hydrogen-bond donors (Lipinski definition) is 0. The third-order valence-corrected chi connectivity index (χ3v) is 7.25. The van der Waals surface area contributed by atoms with Gasteiger partial charge in [-0.3, -0.25) is 0 Å². The predicted molar refractivity (Wildman–Crippen MR) is 111 cm³/mol. The van der Waals surface area contributed by atoms with E-state index in [1.165, 1.54) is 0 Å². The topological polar surface area (TPSA) is 52.6 Å². The lowest BCUT2D eigenvalue weighted by Crippen LogP contribution is -2.53. The molecule has 1 aliphatic rings. The second kappa shape index (κ2) is 8.36. The quantitative estimate of drug-likeness (QED) is 0.669. The average Bonchev–Trinajstić information content (AvgIpc) is 2.67. The third kappa shape index (κ3) is 5.22. The lowest BCUT2D eigenvalue weighted by Gasteiger charge is -2.48. The molecule has 0 unspecified atom stereocenters. The summed E-state index contributed by atoms with van der Waals surface area (Å²) in [6, 6.07) is 18.7. The molecule has 0 amide bonds. The molecule has 0 bridgehead atoms. The minimum atomic E-state index is -3.31. The first-order chi connectivity index (χ1) is 13.2. The van der Waals surface area contributed by atoms with Crippen LogP contribution in [0.15, 0.2) is 65.6 Å². The summed E-state index contributed by atoms with van der Waals surface area (Å²) >= 11 is 0. The normalized spacial score (nSPS) is 24.8. The van der Waals surface area contributed by atoms with Gasteiger partial charge < -0.3 is 9.47 Å². The second-order valence-electron chi connectivity index (χ2n) is 8.36. The SMILES string of the molecule is CC1(C)O[C@@](C)(CCS(=O)(=O)c2ccccc2)CC[C@H]1OCc1ccccc1. The molecular weight excluding hydrogens is 372 g/mol. The van der Waals surface area contributed by atoms with Crippen molar-refractivity contribution in [2.24, 2.45) is 0 Å². The molecule has 2 aromatic carbocycles. The Kier molecular flexibility index (Phi) is 6.28. The van der Waals surface area contributed by atoms with Gasteiger partial charge in [-0.05, 0) is 57.7 Å². The van der Waals surface area contributed by atoms with Gasteiger partial charge in [-0.2, -0.15) is 0 Å². The predicted octanol–water partition coefficient (Wildman–Crippen LogP) is 4.78. The number of hydrogen-bond acceptors (Lipinski definition) is 4. The van der Waals surface area contributed by atoms with Crippen LogP contribution < -0.4 is 0 Å². The van der Waals surface area contributed by atoms with Crippen LogP contribution in [0.25, 0.3) is 0 Å². The molecule has 2 atom stereocenters. The van der Waals surface area contributed by atoms with Gasteiger partial charge in [0, 0.05) is 0 Å². The maximum atomic E-state index is 12.6. The van der Waals surface area contributed by atoms with Gasteiger partial charge >= 0.3 is 0 Å². The van der Waals surface area contributed by atoms with Crippen molar-refractivity contribution in [1.29, 1.82) is 0 Å². The summed E-state index contributed by atoms with van der Waals surface area (Å²) in [6.07, 6.45) is 2.08. The molecule has 4 nitrogen and oxygen atoms in total. The summed E-state index contributed by atoms with van der Waals surface area (Å²) in [5, 5.41) is 0. The number of benzene rings is 2. The second-order valence-corrected chi connectivity index (χ2v) is 10.5. The molecule has 0 aliphatic carbocycles. The Labute approximate surface area is 168 Å². The Morgan fingerprint density at radius 2 is 1.61 bits per heavy atom. The van der Waals surface area contributed by atoms with Gasteiger partial charge in [0.2, 0.25) is 0 Å². The number of sulfone groups is 1. The molecule has 3 rings (SSSR count). The van der Waals surface area contributed by atoms with Crippen LogP contribution in [0.5, 0.6) is 0 Å². The molecule has 0 radical (unpaired) electrons. The molecule has 1 saturated heterocycles. The first kappa shape index (κ1) is 21.0. The number of ether oxygens (including phenoxy) is 2. The Morgan fingerprint density at radius 1 is 1.00 bits per heavy atom. The molecule has 152 valence electrons. The number of rotatable bonds is 7. The largest absolute Gasteiger partial charge is 0.371 e. The van der Waals surface area contributed by atoms with Crippen molar-refractivity contribution >= 4 is 9.84 Å². The zero-order chi connectivity index (χ0) is 20.3. The van der Waals surface area contributed by atoms with Gasteiger partial charge in [0.25, 0.3) is 0 Å². The van der Waals surface area contributed by atoms with Gasteiger partial charge in [0.15, 0.2) is 9.84 Å². The Hall–Kier alpha value is -1.69. The summed E-state index contributed by atoms with van der Waals surface area (Å²) in [5.41, 5.74) is 0.191. The van der Waals surface area contributed by atoms with E-state index in [1.54, 1.807) is 24.3 Å². The monoisotopic (exact) mass is 402 g/mol. The molecular formula is C23H30O4S. The molecule has 0 N–H and O–H groups in total. The van der Waals surface area contributed by atoms with Crippen LogP contribution in [0.1, 0.15) is 45.6 Å². The van der Waals surface area contributed by atoms with Gasteiger partial charge in [-0.15, -0.1) is 0 Å². The van der Waals surface area contributed by atoms with Crippen molar-refractivity contribution < 1.29 is 17.9 Å². The molecule has 1 fully saturated rings. The first-order valence-corrected chi connectivity index (χ1v) is 11.5. The minimum absolute atomic E-state index is 0.0217. The maximum Gasteiger partial charge on any atom is 0.178 e. The van der Waals surface area contributed by atoms with E-state index < -0.39 is 21.0 Å². The molecule has 1 aliphatic heterocycles. The Bertz CT molecular complexity index is 862. The van der Waals surface area contributed by atoms with E-state index in [2.05, 4.69) is 12.1 Å². The minimum Gasteiger partial charge on any atom is -0.371 e. The smallest absolute Gasteiger partial charge is 0.178 e. The third-order valence-electron chi connectivity index (χ3n) is 5.52. The van der Waals surface area contributed by atoms with E-state index in [-0.39, 0.29) is 11.9 Å². The van der Waals surface area contributed by atoms with Crippen molar-refractivity contribution in [3.8, 4) is 0 Å². The maximum absolute atomic E-state index is 12.6. The van der Waals surface area contributed by atoms with E-state index in [4.69, 9.17) is 9.47 Å². The van der Waals surface area contributed by atoms with E-state index in [1.807, 2.05) is 45.0 Å². The Balaban J connectivity index is 1.59. The standard InChI is InChI=1S/C23H30O4S/c1-22(2)21(26-18-19-10-6-4-7-11-19)14-15-23(3,27-22)16-17-28(24,25)20-12-8-5-9-13-20/h4-13,21H,14-18H2,1-3H3/t21-,23-/m1/s1. The zero-order valence-corrected chi connectivity index (χ0v) is 17.7. The van der Waals surface area contributed by atoms with Crippen molar-refractivity contribution in [1.82, 2.24) is 0 Å². The van der Waals surface area contributed by atoms with Crippen LogP contribution >= 0.6 is 0 Å². The summed E-state index contributed by atoms with van der Waals surface area (Å²) in [7, 11) is -3.31. The van der Waals surface area contributed by atoms with Crippen LogP contribution in [0.3, 0.4) is 0 Å². The van der Waals surface area contributed by atoms with Crippen LogP contribution in [-0.4, -0.2) is 31.5 Å². The first-order valence-electron chi connectivity index (χ1n) is 9.84.